The zero-order valence-corrected chi connectivity index (χ0v) is 24.7. The summed E-state index contributed by atoms with van der Waals surface area (Å²) < 4.78 is 2.24. The van der Waals surface area contributed by atoms with Gasteiger partial charge in [0.05, 0.1) is 17.9 Å². The smallest absolute Gasteiger partial charge is 0.224 e. The molecule has 41 heavy (non-hydrogen) atoms. The van der Waals surface area contributed by atoms with Crippen molar-refractivity contribution >= 4 is 33.5 Å². The third-order valence-electron chi connectivity index (χ3n) is 9.80. The fourth-order valence-corrected chi connectivity index (χ4v) is 6.90. The number of benzene rings is 2. The van der Waals surface area contributed by atoms with Gasteiger partial charge in [0, 0.05) is 53.2 Å². The fourth-order valence-electron chi connectivity index (χ4n) is 6.90. The van der Waals surface area contributed by atoms with Crippen LogP contribution in [0.4, 0.5) is 0 Å². The van der Waals surface area contributed by atoms with E-state index < -0.39 is 0 Å². The van der Waals surface area contributed by atoms with Crippen molar-refractivity contribution in [3.63, 3.8) is 0 Å². The van der Waals surface area contributed by atoms with Crippen LogP contribution < -0.4 is 5.32 Å². The number of aromatic nitrogens is 3. The lowest BCUT2D eigenvalue weighted by molar-refractivity contribution is -0.124. The van der Waals surface area contributed by atoms with Crippen LogP contribution in [0.2, 0.25) is 0 Å². The highest BCUT2D eigenvalue weighted by molar-refractivity contribution is 6.09. The number of para-hydroxylation sites is 1. The summed E-state index contributed by atoms with van der Waals surface area (Å²) >= 11 is 0. The Hall–Kier alpha value is -3.45. The summed E-state index contributed by atoms with van der Waals surface area (Å²) in [4.78, 5) is 36.0. The van der Waals surface area contributed by atoms with Crippen molar-refractivity contribution in [3.8, 4) is 11.3 Å². The van der Waals surface area contributed by atoms with Gasteiger partial charge in [-0.1, -0.05) is 44.0 Å². The van der Waals surface area contributed by atoms with E-state index in [2.05, 4.69) is 76.3 Å². The predicted octanol–water partition coefficient (Wildman–Crippen LogP) is 6.54. The van der Waals surface area contributed by atoms with Gasteiger partial charge in [0.25, 0.3) is 0 Å². The summed E-state index contributed by atoms with van der Waals surface area (Å²) in [7, 11) is 4.28. The highest BCUT2D eigenvalue weighted by atomic mass is 16.2. The van der Waals surface area contributed by atoms with Crippen molar-refractivity contribution < 1.29 is 9.59 Å². The number of nitrogens with one attached hydrogen (secondary N) is 2. The van der Waals surface area contributed by atoms with Gasteiger partial charge in [-0.25, -0.2) is 4.98 Å². The average molecular weight is 554 g/mol. The van der Waals surface area contributed by atoms with Gasteiger partial charge in [0.2, 0.25) is 5.91 Å². The molecule has 6 rings (SSSR count). The predicted molar refractivity (Wildman–Crippen MR) is 165 cm³/mol. The minimum Gasteiger partial charge on any atom is -0.346 e. The molecule has 0 unspecified atom stereocenters. The first kappa shape index (κ1) is 27.7. The molecule has 2 aromatic carbocycles. The minimum atomic E-state index is -0.164. The standard InChI is InChI=1S/C34H43N5O2/c1-4-24(40)10-6-5-7-12-28(37-33(41)27-21-34(27)16-18-38(2)19-17-34)32-35-22-29(36-32)23-14-15-31-26(20-23)25-11-8-9-13-30(25)39(31)3/h8-9,11,13-15,20,22,27-28H,4-7,10,12,16-19,21H2,1-3H3,(H,35,36)(H,37,41)/t27-,28+/m1/s1. The van der Waals surface area contributed by atoms with Crippen molar-refractivity contribution in [2.24, 2.45) is 18.4 Å². The Morgan fingerprint density at radius 1 is 1.05 bits per heavy atom. The van der Waals surface area contributed by atoms with Crippen LogP contribution >= 0.6 is 0 Å². The van der Waals surface area contributed by atoms with E-state index in [1.54, 1.807) is 0 Å². The number of rotatable bonds is 11. The number of piperidine rings is 1. The molecule has 0 bridgehead atoms. The Kier molecular flexibility index (Phi) is 7.73. The first-order valence-electron chi connectivity index (χ1n) is 15.4. The van der Waals surface area contributed by atoms with Crippen molar-refractivity contribution in [2.45, 2.75) is 70.8 Å². The van der Waals surface area contributed by atoms with Gasteiger partial charge in [-0.2, -0.15) is 0 Å². The van der Waals surface area contributed by atoms with Crippen molar-refractivity contribution in [2.75, 3.05) is 20.1 Å². The second-order valence-corrected chi connectivity index (χ2v) is 12.5. The molecular formula is C34H43N5O2. The van der Waals surface area contributed by atoms with Crippen molar-refractivity contribution in [1.82, 2.24) is 24.8 Å². The second-order valence-electron chi connectivity index (χ2n) is 12.5. The van der Waals surface area contributed by atoms with Crippen molar-refractivity contribution in [1.29, 1.82) is 0 Å². The van der Waals surface area contributed by atoms with Crippen LogP contribution in [0.1, 0.15) is 76.6 Å². The second kappa shape index (κ2) is 11.4. The van der Waals surface area contributed by atoms with Gasteiger partial charge in [0.1, 0.15) is 11.6 Å². The number of H-pyrrole nitrogens is 1. The number of aromatic amines is 1. The summed E-state index contributed by atoms with van der Waals surface area (Å²) in [5, 5.41) is 5.86. The van der Waals surface area contributed by atoms with Crippen LogP contribution in [0, 0.1) is 11.3 Å². The quantitative estimate of drug-likeness (QED) is 0.207. The van der Waals surface area contributed by atoms with Gasteiger partial charge in [-0.05, 0) is 75.9 Å². The molecule has 7 nitrogen and oxygen atoms in total. The molecule has 2 N–H and O–H groups in total. The van der Waals surface area contributed by atoms with E-state index in [4.69, 9.17) is 4.98 Å². The molecule has 4 aromatic rings. The molecule has 0 radical (unpaired) electrons. The molecule has 3 heterocycles. The van der Waals surface area contributed by atoms with E-state index in [9.17, 15) is 9.59 Å². The first-order chi connectivity index (χ1) is 19.9. The Morgan fingerprint density at radius 2 is 1.83 bits per heavy atom. The summed E-state index contributed by atoms with van der Waals surface area (Å²) in [6, 6.07) is 14.9. The number of carbonyl (C=O) groups is 2. The number of ketones is 1. The SMILES string of the molecule is CCC(=O)CCCCC[C@H](NC(=O)[C@H]1CC12CCN(C)CC2)c1ncc(-c2ccc3c(c2)c2ccccc2n3C)[nH]1. The maximum absolute atomic E-state index is 13.5. The molecule has 2 fully saturated rings. The highest BCUT2D eigenvalue weighted by Gasteiger charge is 2.58. The van der Waals surface area contributed by atoms with Crippen LogP contribution in [0.5, 0.6) is 0 Å². The molecular weight excluding hydrogens is 510 g/mol. The minimum absolute atomic E-state index is 0.115. The number of amides is 1. The summed E-state index contributed by atoms with van der Waals surface area (Å²) in [6.45, 7) is 4.08. The van der Waals surface area contributed by atoms with Gasteiger partial charge in [-0.15, -0.1) is 0 Å². The van der Waals surface area contributed by atoms with Gasteiger partial charge >= 0.3 is 0 Å². The topological polar surface area (TPSA) is 83.0 Å². The van der Waals surface area contributed by atoms with Crippen LogP contribution in [0.25, 0.3) is 33.1 Å². The van der Waals surface area contributed by atoms with E-state index in [1.807, 2.05) is 13.1 Å². The zero-order chi connectivity index (χ0) is 28.6. The number of fused-ring (bicyclic) bond motifs is 3. The van der Waals surface area contributed by atoms with Crippen LogP contribution in [0.3, 0.4) is 0 Å². The van der Waals surface area contributed by atoms with Crippen LogP contribution in [-0.4, -0.2) is 51.3 Å². The number of aryl methyl sites for hydroxylation is 1. The third-order valence-corrected chi connectivity index (χ3v) is 9.80. The summed E-state index contributed by atoms with van der Waals surface area (Å²) in [5.74, 6) is 1.43. The van der Waals surface area contributed by atoms with E-state index >= 15 is 0 Å². The lowest BCUT2D eigenvalue weighted by Crippen LogP contribution is -2.36. The molecule has 1 amide bonds. The van der Waals surface area contributed by atoms with E-state index in [0.29, 0.717) is 18.6 Å². The maximum Gasteiger partial charge on any atom is 0.224 e. The average Bonchev–Trinajstić information content (AvgIpc) is 3.33. The van der Waals surface area contributed by atoms with Gasteiger partial charge in [-0.3, -0.25) is 9.59 Å². The number of hydrogen-bond acceptors (Lipinski definition) is 4. The number of nitrogens with zero attached hydrogens (tertiary/aromatic N) is 3. The first-order valence-corrected chi connectivity index (χ1v) is 15.4. The molecule has 1 spiro atoms. The lowest BCUT2D eigenvalue weighted by Gasteiger charge is -2.30. The van der Waals surface area contributed by atoms with Gasteiger partial charge in [0.15, 0.2) is 0 Å². The van der Waals surface area contributed by atoms with Crippen LogP contribution in [0.15, 0.2) is 48.7 Å². The summed E-state index contributed by atoms with van der Waals surface area (Å²) in [6.07, 6.45) is 10.0. The van der Waals surface area contributed by atoms with Crippen molar-refractivity contribution in [3.05, 3.63) is 54.5 Å². The normalized spacial score (nSPS) is 19.1. The molecule has 2 aromatic heterocycles. The number of likely N-dealkylation sites (tertiary alicyclic amines) is 1. The lowest BCUT2D eigenvalue weighted by atomic mass is 9.91. The molecule has 1 saturated carbocycles. The molecule has 2 aliphatic rings. The number of imidazole rings is 1. The Morgan fingerprint density at radius 3 is 2.63 bits per heavy atom. The maximum atomic E-state index is 13.5. The largest absolute Gasteiger partial charge is 0.346 e. The van der Waals surface area contributed by atoms with E-state index in [0.717, 1.165) is 75.1 Å². The molecule has 216 valence electrons. The number of Topliss-reactive ketones (excluding diaryl/α,β-unsaturated/α-hetero) is 1. The molecule has 1 aliphatic heterocycles. The van der Waals surface area contributed by atoms with Crippen LogP contribution in [-0.2, 0) is 16.6 Å². The zero-order valence-electron chi connectivity index (χ0n) is 24.7. The molecule has 1 saturated heterocycles. The Balaban J connectivity index is 1.20. The highest BCUT2D eigenvalue weighted by Crippen LogP contribution is 2.59. The fraction of sp³-hybridized carbons (Fsp3) is 0.500. The number of hydrogen-bond donors (Lipinski definition) is 2. The molecule has 7 heteroatoms. The van der Waals surface area contributed by atoms with Gasteiger partial charge < -0.3 is 19.8 Å². The van der Waals surface area contributed by atoms with E-state index in [1.165, 1.54) is 21.8 Å². The monoisotopic (exact) mass is 553 g/mol. The Bertz CT molecular complexity index is 1560. The summed E-state index contributed by atoms with van der Waals surface area (Å²) in [5.41, 5.74) is 4.66. The molecule has 2 atom stereocenters. The molecule has 1 aliphatic carbocycles. The Labute approximate surface area is 242 Å². The van der Waals surface area contributed by atoms with E-state index in [-0.39, 0.29) is 23.3 Å². The number of carbonyl (C=O) groups excluding carboxylic acids is 2. The third kappa shape index (κ3) is 5.56. The number of unbranched alkanes of at least 4 members (excludes halogenated alkanes) is 2.